The number of hydrogen-bond donors (Lipinski definition) is 1. The van der Waals surface area contributed by atoms with Crippen LogP contribution in [0.4, 0.5) is 5.69 Å². The van der Waals surface area contributed by atoms with Gasteiger partial charge in [-0.2, -0.15) is 0 Å². The third-order valence-electron chi connectivity index (χ3n) is 3.06. The van der Waals surface area contributed by atoms with E-state index in [1.54, 1.807) is 11.3 Å². The Morgan fingerprint density at radius 2 is 1.95 bits per heavy atom. The molecule has 0 radical (unpaired) electrons. The lowest BCUT2D eigenvalue weighted by Gasteiger charge is -2.14. The van der Waals surface area contributed by atoms with Gasteiger partial charge in [0.1, 0.15) is 0 Å². The minimum Gasteiger partial charge on any atom is -0.378 e. The molecule has 0 aliphatic carbocycles. The van der Waals surface area contributed by atoms with E-state index in [1.807, 2.05) is 11.7 Å². The molecule has 19 heavy (non-hydrogen) atoms. The van der Waals surface area contributed by atoms with Crippen molar-refractivity contribution in [2.45, 2.75) is 13.0 Å². The Labute approximate surface area is 124 Å². The molecule has 1 aromatic heterocycles. The number of thiazole rings is 1. The lowest BCUT2D eigenvalue weighted by molar-refractivity contribution is 0.904. The Kier molecular flexibility index (Phi) is 3.53. The van der Waals surface area contributed by atoms with Crippen LogP contribution in [0.15, 0.2) is 52.6 Å². The summed E-state index contributed by atoms with van der Waals surface area (Å²) >= 11 is 5.17. The van der Waals surface area contributed by atoms with Crippen LogP contribution in [-0.2, 0) is 0 Å². The van der Waals surface area contributed by atoms with Gasteiger partial charge in [0.25, 0.3) is 0 Å². The highest BCUT2D eigenvalue weighted by Crippen LogP contribution is 2.26. The fourth-order valence-corrected chi connectivity index (χ4v) is 3.07. The van der Waals surface area contributed by atoms with Crippen molar-refractivity contribution in [3.63, 3.8) is 0 Å². The second-order valence-corrected chi connectivity index (χ2v) is 6.31. The predicted molar refractivity (Wildman–Crippen MR) is 85.8 cm³/mol. The molecule has 1 atom stereocenters. The number of fused-ring (bicyclic) bond motifs is 1. The van der Waals surface area contributed by atoms with Crippen molar-refractivity contribution >= 4 is 43.7 Å². The van der Waals surface area contributed by atoms with E-state index in [1.165, 1.54) is 15.6 Å². The maximum Gasteiger partial charge on any atom is 0.0795 e. The minimum absolute atomic E-state index is 0.278. The van der Waals surface area contributed by atoms with Crippen LogP contribution < -0.4 is 5.32 Å². The quantitative estimate of drug-likeness (QED) is 0.710. The second kappa shape index (κ2) is 5.31. The fraction of sp³-hybridized carbons (Fsp3) is 0.133. The molecule has 3 aromatic rings. The molecule has 0 aliphatic heterocycles. The van der Waals surface area contributed by atoms with E-state index < -0.39 is 0 Å². The highest BCUT2D eigenvalue weighted by atomic mass is 79.9. The summed E-state index contributed by atoms with van der Waals surface area (Å²) in [6.07, 6.45) is 1.92. The minimum atomic E-state index is 0.278. The van der Waals surface area contributed by atoms with Gasteiger partial charge in [-0.3, -0.25) is 4.98 Å². The molecule has 1 unspecified atom stereocenters. The van der Waals surface area contributed by atoms with Crippen molar-refractivity contribution in [2.75, 3.05) is 5.32 Å². The summed E-state index contributed by atoms with van der Waals surface area (Å²) in [6, 6.07) is 13.0. The molecular weight excluding hydrogens is 320 g/mol. The van der Waals surface area contributed by atoms with E-state index in [-0.39, 0.29) is 6.04 Å². The van der Waals surface area contributed by atoms with Gasteiger partial charge in [-0.25, -0.2) is 0 Å². The Hall–Kier alpha value is -1.39. The third-order valence-corrected chi connectivity index (χ3v) is 4.52. The smallest absolute Gasteiger partial charge is 0.0795 e. The molecule has 0 fully saturated rings. The number of nitrogens with one attached hydrogen (secondary N) is 1. The van der Waals surface area contributed by atoms with Gasteiger partial charge in [0.15, 0.2) is 0 Å². The van der Waals surface area contributed by atoms with Crippen molar-refractivity contribution in [1.29, 1.82) is 0 Å². The molecule has 0 saturated carbocycles. The molecule has 1 heterocycles. The number of rotatable bonds is 3. The molecule has 3 rings (SSSR count). The summed E-state index contributed by atoms with van der Waals surface area (Å²) in [5.41, 5.74) is 3.00. The second-order valence-electron chi connectivity index (χ2n) is 4.48. The summed E-state index contributed by atoms with van der Waals surface area (Å²) in [5, 5.41) is 5.99. The van der Waals surface area contributed by atoms with Gasteiger partial charge in [0.2, 0.25) is 0 Å². The summed E-state index contributed by atoms with van der Waals surface area (Å²) in [7, 11) is 0. The van der Waals surface area contributed by atoms with E-state index in [4.69, 9.17) is 0 Å². The maximum absolute atomic E-state index is 4.12. The zero-order valence-corrected chi connectivity index (χ0v) is 12.8. The van der Waals surface area contributed by atoms with E-state index in [9.17, 15) is 0 Å². The molecule has 2 aromatic carbocycles. The number of halogens is 1. The number of aromatic nitrogens is 1. The van der Waals surface area contributed by atoms with Crippen molar-refractivity contribution in [3.05, 3.63) is 57.5 Å². The number of benzene rings is 2. The van der Waals surface area contributed by atoms with Gasteiger partial charge in [-0.05, 0) is 42.0 Å². The topological polar surface area (TPSA) is 24.9 Å². The zero-order valence-electron chi connectivity index (χ0n) is 10.4. The van der Waals surface area contributed by atoms with Crippen LogP contribution in [0.25, 0.3) is 10.8 Å². The molecule has 1 N–H and O–H groups in total. The van der Waals surface area contributed by atoms with Crippen LogP contribution in [0.1, 0.15) is 17.8 Å². The molecule has 0 spiro atoms. The number of nitrogens with zero attached hydrogens (tertiary/aromatic N) is 1. The molecule has 4 heteroatoms. The lowest BCUT2D eigenvalue weighted by Crippen LogP contribution is -2.04. The van der Waals surface area contributed by atoms with Gasteiger partial charge < -0.3 is 5.32 Å². The van der Waals surface area contributed by atoms with Crippen LogP contribution in [0.5, 0.6) is 0 Å². The lowest BCUT2D eigenvalue weighted by atomic mass is 10.1. The van der Waals surface area contributed by atoms with Gasteiger partial charge in [0, 0.05) is 21.2 Å². The SMILES string of the molecule is CC(Nc1ccc2cc(Br)ccc2c1)c1cncs1. The van der Waals surface area contributed by atoms with Crippen LogP contribution in [0.3, 0.4) is 0 Å². The Morgan fingerprint density at radius 3 is 2.74 bits per heavy atom. The van der Waals surface area contributed by atoms with Crippen LogP contribution in [0.2, 0.25) is 0 Å². The predicted octanol–water partition coefficient (Wildman–Crippen LogP) is 5.23. The number of anilines is 1. The summed E-state index contributed by atoms with van der Waals surface area (Å²) < 4.78 is 1.11. The first kappa shape index (κ1) is 12.6. The van der Waals surface area contributed by atoms with Crippen molar-refractivity contribution in [1.82, 2.24) is 4.98 Å². The number of hydrogen-bond acceptors (Lipinski definition) is 3. The molecule has 0 aliphatic rings. The van der Waals surface area contributed by atoms with E-state index >= 15 is 0 Å². The van der Waals surface area contributed by atoms with Gasteiger partial charge in [0.05, 0.1) is 11.6 Å². The molecule has 0 bridgehead atoms. The van der Waals surface area contributed by atoms with E-state index in [0.29, 0.717) is 0 Å². The van der Waals surface area contributed by atoms with Crippen LogP contribution in [-0.4, -0.2) is 4.98 Å². The van der Waals surface area contributed by atoms with Crippen LogP contribution in [0, 0.1) is 0 Å². The Balaban J connectivity index is 1.87. The standard InChI is InChI=1S/C15H13BrN2S/c1-10(15-8-17-9-19-15)18-14-5-3-11-6-13(16)4-2-12(11)7-14/h2-10,18H,1H3. The van der Waals surface area contributed by atoms with Crippen LogP contribution >= 0.6 is 27.3 Å². The maximum atomic E-state index is 4.12. The average molecular weight is 333 g/mol. The molecule has 0 saturated heterocycles. The third kappa shape index (κ3) is 2.80. The first-order chi connectivity index (χ1) is 9.22. The zero-order chi connectivity index (χ0) is 13.2. The fourth-order valence-electron chi connectivity index (χ4n) is 2.07. The highest BCUT2D eigenvalue weighted by Gasteiger charge is 2.07. The van der Waals surface area contributed by atoms with Gasteiger partial charge in [-0.15, -0.1) is 11.3 Å². The largest absolute Gasteiger partial charge is 0.378 e. The Bertz CT molecular complexity index is 694. The van der Waals surface area contributed by atoms with Crippen molar-refractivity contribution in [2.24, 2.45) is 0 Å². The first-order valence-electron chi connectivity index (χ1n) is 6.06. The van der Waals surface area contributed by atoms with Gasteiger partial charge in [-0.1, -0.05) is 28.1 Å². The molecule has 2 nitrogen and oxygen atoms in total. The molecular formula is C15H13BrN2S. The summed E-state index contributed by atoms with van der Waals surface area (Å²) in [6.45, 7) is 2.15. The summed E-state index contributed by atoms with van der Waals surface area (Å²) in [4.78, 5) is 5.36. The highest BCUT2D eigenvalue weighted by molar-refractivity contribution is 9.10. The molecule has 96 valence electrons. The monoisotopic (exact) mass is 332 g/mol. The Morgan fingerprint density at radius 1 is 1.16 bits per heavy atom. The van der Waals surface area contributed by atoms with E-state index in [0.717, 1.165) is 10.2 Å². The molecule has 0 amide bonds. The van der Waals surface area contributed by atoms with Crippen molar-refractivity contribution < 1.29 is 0 Å². The van der Waals surface area contributed by atoms with Gasteiger partial charge >= 0.3 is 0 Å². The normalized spacial score (nSPS) is 12.5. The van der Waals surface area contributed by atoms with E-state index in [2.05, 4.69) is 69.6 Å². The van der Waals surface area contributed by atoms with Crippen molar-refractivity contribution in [3.8, 4) is 0 Å². The first-order valence-corrected chi connectivity index (χ1v) is 7.74. The summed E-state index contributed by atoms with van der Waals surface area (Å²) in [5.74, 6) is 0. The average Bonchev–Trinajstić information content (AvgIpc) is 2.93.